The van der Waals surface area contributed by atoms with E-state index in [1.807, 2.05) is 0 Å². The molecule has 0 bridgehead atoms. The number of aromatic hydroxyl groups is 1. The molecule has 39 heavy (non-hydrogen) atoms. The van der Waals surface area contributed by atoms with E-state index in [4.69, 9.17) is 4.74 Å². The highest BCUT2D eigenvalue weighted by atomic mass is 19.1. The number of hydrogen-bond donors (Lipinski definition) is 4. The van der Waals surface area contributed by atoms with Crippen molar-refractivity contribution in [3.63, 3.8) is 0 Å². The predicted octanol–water partition coefficient (Wildman–Crippen LogP) is 2.48. The van der Waals surface area contributed by atoms with Crippen LogP contribution < -0.4 is 0 Å². The molecule has 12 heteroatoms. The Kier molecular flexibility index (Phi) is 12.1. The molecule has 0 fully saturated rings. The lowest BCUT2D eigenvalue weighted by Gasteiger charge is -2.33. The molecule has 3 unspecified atom stereocenters. The number of rotatable bonds is 12. The van der Waals surface area contributed by atoms with E-state index in [0.29, 0.717) is 23.1 Å². The number of likely N-dealkylation sites (N-methyl/N-ethyl adjacent to an activating group) is 2. The van der Waals surface area contributed by atoms with Crippen LogP contribution in [-0.4, -0.2) is 98.1 Å². The average molecular weight is 544 g/mol. The van der Waals surface area contributed by atoms with Gasteiger partial charge in [-0.1, -0.05) is 48.7 Å². The van der Waals surface area contributed by atoms with E-state index in [-0.39, 0.29) is 23.7 Å². The van der Waals surface area contributed by atoms with E-state index in [0.717, 1.165) is 10.6 Å². The van der Waals surface area contributed by atoms with Crippen LogP contribution in [0.3, 0.4) is 0 Å². The van der Waals surface area contributed by atoms with Gasteiger partial charge in [0.2, 0.25) is 0 Å². The highest BCUT2D eigenvalue weighted by Crippen LogP contribution is 2.26. The predicted molar refractivity (Wildman–Crippen MR) is 144 cm³/mol. The van der Waals surface area contributed by atoms with E-state index in [9.17, 15) is 29.7 Å². The van der Waals surface area contributed by atoms with Gasteiger partial charge in [0.15, 0.2) is 12.5 Å². The molecule has 3 atom stereocenters. The van der Waals surface area contributed by atoms with Crippen LogP contribution in [0, 0.1) is 5.82 Å². The number of phenolic OH excluding ortho intramolecular Hbond substituents is 1. The molecule has 2 aromatic carbocycles. The minimum atomic E-state index is -1.03. The second-order valence-electron chi connectivity index (χ2n) is 8.64. The van der Waals surface area contributed by atoms with Crippen LogP contribution in [0.2, 0.25) is 0 Å². The first-order chi connectivity index (χ1) is 18.6. The average Bonchev–Trinajstić information content (AvgIpc) is 3.37. The molecule has 1 aromatic heterocycles. The van der Waals surface area contributed by atoms with E-state index in [2.05, 4.69) is 23.5 Å². The largest absolute Gasteiger partial charge is 0.507 e. The number of aliphatic hydroxyl groups excluding tert-OH is 2. The van der Waals surface area contributed by atoms with Crippen molar-refractivity contribution in [1.29, 1.82) is 0 Å². The third-order valence-electron chi connectivity index (χ3n) is 5.57. The van der Waals surface area contributed by atoms with Gasteiger partial charge in [0.05, 0.1) is 24.9 Å². The second kappa shape index (κ2) is 15.0. The van der Waals surface area contributed by atoms with Gasteiger partial charge in [0.1, 0.15) is 29.6 Å². The molecule has 0 aliphatic heterocycles. The quantitative estimate of drug-likeness (QED) is 0.153. The standard InChI is InChI=1S/C16H24FN5O4.C11H10O2/c1-20(2)16(26-15(10-23)21(3)25)14(24)9-22-8-13(18-19-22)11-5-4-6-12(17)7-11;1-3-8-5-6-9(7-12)11(13)10(8)4-2/h4-8,14-16,23-25H,9-10H2,1-3H3;3-7,13H,1-2H2. The molecule has 0 aliphatic carbocycles. The minimum Gasteiger partial charge on any atom is -0.507 e. The number of aldehydes is 1. The molecule has 0 amide bonds. The lowest BCUT2D eigenvalue weighted by molar-refractivity contribution is -0.260. The number of hydroxylamine groups is 2. The van der Waals surface area contributed by atoms with Crippen molar-refractivity contribution in [2.24, 2.45) is 0 Å². The SMILES string of the molecule is C=Cc1ccc(C=O)c(O)c1C=C.CN(C)C(OC(CO)N(C)O)C(O)Cn1cc(-c2cccc(F)c2)nn1. The van der Waals surface area contributed by atoms with Crippen molar-refractivity contribution in [2.75, 3.05) is 27.7 Å². The minimum absolute atomic E-state index is 0.0394. The lowest BCUT2D eigenvalue weighted by Crippen LogP contribution is -2.49. The first kappa shape index (κ1) is 31.4. The Bertz CT molecular complexity index is 1250. The topological polar surface area (TPSA) is 144 Å². The molecule has 1 heterocycles. The highest BCUT2D eigenvalue weighted by Gasteiger charge is 2.28. The van der Waals surface area contributed by atoms with Gasteiger partial charge in [0, 0.05) is 18.2 Å². The number of aliphatic hydroxyl groups is 2. The zero-order chi connectivity index (χ0) is 29.1. The molecule has 3 rings (SSSR count). The maximum Gasteiger partial charge on any atom is 0.157 e. The van der Waals surface area contributed by atoms with Crippen LogP contribution in [0.4, 0.5) is 4.39 Å². The fourth-order valence-electron chi connectivity index (χ4n) is 3.54. The number of carbonyl (C=O) groups is 1. The van der Waals surface area contributed by atoms with Crippen molar-refractivity contribution in [3.8, 4) is 17.0 Å². The van der Waals surface area contributed by atoms with Gasteiger partial charge in [0.25, 0.3) is 0 Å². The van der Waals surface area contributed by atoms with Crippen molar-refractivity contribution >= 4 is 18.4 Å². The molecule has 0 spiro atoms. The summed E-state index contributed by atoms with van der Waals surface area (Å²) in [5.41, 5.74) is 2.62. The number of carbonyl (C=O) groups excluding carboxylic acids is 1. The van der Waals surface area contributed by atoms with Crippen molar-refractivity contribution in [3.05, 3.63) is 78.3 Å². The molecule has 0 saturated heterocycles. The Morgan fingerprint density at radius 1 is 1.15 bits per heavy atom. The number of nitrogens with zero attached hydrogens (tertiary/aromatic N) is 5. The molecule has 11 nitrogen and oxygen atoms in total. The molecule has 0 aliphatic rings. The zero-order valence-corrected chi connectivity index (χ0v) is 22.1. The Hall–Kier alpha value is -3.78. The van der Waals surface area contributed by atoms with E-state index >= 15 is 0 Å². The third-order valence-corrected chi connectivity index (χ3v) is 5.57. The summed E-state index contributed by atoms with van der Waals surface area (Å²) in [7, 11) is 4.72. The van der Waals surface area contributed by atoms with Crippen molar-refractivity contribution in [1.82, 2.24) is 25.0 Å². The molecule has 0 radical (unpaired) electrons. The molecular weight excluding hydrogens is 509 g/mol. The zero-order valence-electron chi connectivity index (χ0n) is 22.1. The van der Waals surface area contributed by atoms with Crippen LogP contribution in [0.1, 0.15) is 21.5 Å². The summed E-state index contributed by atoms with van der Waals surface area (Å²) < 4.78 is 20.3. The Morgan fingerprint density at radius 2 is 1.85 bits per heavy atom. The number of halogens is 1. The van der Waals surface area contributed by atoms with Crippen molar-refractivity contribution < 1.29 is 34.4 Å². The van der Waals surface area contributed by atoms with Crippen molar-refractivity contribution in [2.45, 2.75) is 25.1 Å². The second-order valence-corrected chi connectivity index (χ2v) is 8.64. The van der Waals surface area contributed by atoms with E-state index in [1.54, 1.807) is 55.5 Å². The van der Waals surface area contributed by atoms with Gasteiger partial charge in [-0.3, -0.25) is 9.69 Å². The molecule has 210 valence electrons. The summed E-state index contributed by atoms with van der Waals surface area (Å²) in [5.74, 6) is -0.413. The monoisotopic (exact) mass is 543 g/mol. The number of benzene rings is 2. The Labute approximate surface area is 226 Å². The lowest BCUT2D eigenvalue weighted by atomic mass is 10.0. The summed E-state index contributed by atoms with van der Waals surface area (Å²) >= 11 is 0. The maximum atomic E-state index is 13.3. The number of phenols is 1. The summed E-state index contributed by atoms with van der Waals surface area (Å²) in [6.45, 7) is 6.75. The maximum absolute atomic E-state index is 13.3. The molecule has 3 aromatic rings. The van der Waals surface area contributed by atoms with E-state index in [1.165, 1.54) is 29.9 Å². The van der Waals surface area contributed by atoms with Gasteiger partial charge in [-0.05, 0) is 37.9 Å². The number of hydrogen-bond acceptors (Lipinski definition) is 10. The summed E-state index contributed by atoms with van der Waals surface area (Å²) in [6.07, 6.45) is 2.46. The Morgan fingerprint density at radius 3 is 2.38 bits per heavy atom. The smallest absolute Gasteiger partial charge is 0.157 e. The van der Waals surface area contributed by atoms with Gasteiger partial charge >= 0.3 is 0 Å². The summed E-state index contributed by atoms with van der Waals surface area (Å²) in [6, 6.07) is 9.24. The van der Waals surface area contributed by atoms with Crippen LogP contribution in [-0.2, 0) is 11.3 Å². The third kappa shape index (κ3) is 8.61. The first-order valence-corrected chi connectivity index (χ1v) is 11.8. The van der Waals surface area contributed by atoms with Gasteiger partial charge in [-0.2, -0.15) is 5.06 Å². The van der Waals surface area contributed by atoms with Gasteiger partial charge in [-0.25, -0.2) is 9.07 Å². The fourth-order valence-corrected chi connectivity index (χ4v) is 3.54. The number of ether oxygens (including phenoxy) is 1. The first-order valence-electron chi connectivity index (χ1n) is 11.8. The fraction of sp³-hybridized carbons (Fsp3) is 0.296. The normalized spacial score (nSPS) is 13.4. The van der Waals surface area contributed by atoms with Crippen LogP contribution in [0.25, 0.3) is 23.4 Å². The Balaban J connectivity index is 0.000000344. The number of aromatic nitrogens is 3. The van der Waals surface area contributed by atoms with E-state index < -0.39 is 25.2 Å². The summed E-state index contributed by atoms with van der Waals surface area (Å²) in [5, 5.41) is 47.4. The molecular formula is C27H34FN5O6. The van der Waals surface area contributed by atoms with Crippen LogP contribution >= 0.6 is 0 Å². The van der Waals surface area contributed by atoms with Gasteiger partial charge in [-0.15, -0.1) is 5.10 Å². The van der Waals surface area contributed by atoms with Crippen LogP contribution in [0.5, 0.6) is 5.75 Å². The van der Waals surface area contributed by atoms with Gasteiger partial charge < -0.3 is 25.3 Å². The molecule has 0 saturated carbocycles. The molecule has 4 N–H and O–H groups in total. The highest BCUT2D eigenvalue weighted by molar-refractivity contribution is 5.84. The summed E-state index contributed by atoms with van der Waals surface area (Å²) in [4.78, 5) is 12.1. The van der Waals surface area contributed by atoms with Crippen LogP contribution in [0.15, 0.2) is 55.8 Å².